The fourth-order valence-corrected chi connectivity index (χ4v) is 4.73. The van der Waals surface area contributed by atoms with Crippen molar-refractivity contribution in [1.29, 1.82) is 0 Å². The zero-order valence-corrected chi connectivity index (χ0v) is 17.4. The smallest absolute Gasteiger partial charge is 0.224 e. The number of pyridine rings is 1. The molecule has 156 valence electrons. The van der Waals surface area contributed by atoms with Crippen LogP contribution in [0.15, 0.2) is 24.7 Å². The first-order chi connectivity index (χ1) is 14.2. The van der Waals surface area contributed by atoms with Crippen LogP contribution in [-0.4, -0.2) is 64.5 Å². The molecule has 2 aliphatic heterocycles. The molecule has 2 unspecified atom stereocenters. The second kappa shape index (κ2) is 9.48. The van der Waals surface area contributed by atoms with Gasteiger partial charge < -0.3 is 10.2 Å². The third-order valence-electron chi connectivity index (χ3n) is 6.39. The van der Waals surface area contributed by atoms with Gasteiger partial charge in [0, 0.05) is 44.6 Å². The highest BCUT2D eigenvalue weighted by atomic mass is 16.1. The maximum absolute atomic E-state index is 12.8. The SMILES string of the molecule is CCC1CCCCN1CCNC(=O)C1CCCN(c2cnc3nccnc3c2)C1. The number of piperidine rings is 2. The molecule has 2 aliphatic rings. The van der Waals surface area contributed by atoms with Gasteiger partial charge in [0.25, 0.3) is 0 Å². The number of anilines is 1. The van der Waals surface area contributed by atoms with Crippen LogP contribution >= 0.6 is 0 Å². The first kappa shape index (κ1) is 20.0. The van der Waals surface area contributed by atoms with Crippen LogP contribution in [0.4, 0.5) is 5.69 Å². The van der Waals surface area contributed by atoms with E-state index < -0.39 is 0 Å². The zero-order valence-electron chi connectivity index (χ0n) is 17.4. The Morgan fingerprint density at radius 2 is 2.03 bits per heavy atom. The summed E-state index contributed by atoms with van der Waals surface area (Å²) in [5.74, 6) is 0.220. The Morgan fingerprint density at radius 1 is 1.14 bits per heavy atom. The summed E-state index contributed by atoms with van der Waals surface area (Å²) in [6.45, 7) is 6.84. The molecule has 0 bridgehead atoms. The predicted octanol–water partition coefficient (Wildman–Crippen LogP) is 2.62. The number of fused-ring (bicyclic) bond motifs is 1. The standard InChI is InChI=1S/C22H32N6O/c1-2-18-7-3-4-11-27(18)13-10-25-22(29)17-6-5-12-28(16-17)19-14-20-21(26-15-19)24-9-8-23-20/h8-9,14-15,17-18H,2-7,10-13,16H2,1H3,(H,25,29). The molecule has 1 amide bonds. The van der Waals surface area contributed by atoms with Crippen LogP contribution in [0.2, 0.25) is 0 Å². The molecule has 4 rings (SSSR count). The Kier molecular flexibility index (Phi) is 6.54. The van der Waals surface area contributed by atoms with Crippen LogP contribution in [0.1, 0.15) is 45.4 Å². The van der Waals surface area contributed by atoms with Crippen molar-refractivity contribution in [1.82, 2.24) is 25.2 Å². The van der Waals surface area contributed by atoms with Gasteiger partial charge in [-0.2, -0.15) is 0 Å². The third kappa shape index (κ3) is 4.83. The lowest BCUT2D eigenvalue weighted by Gasteiger charge is -2.36. The second-order valence-electron chi connectivity index (χ2n) is 8.26. The van der Waals surface area contributed by atoms with E-state index in [0.717, 1.165) is 50.2 Å². The number of hydrogen-bond donors (Lipinski definition) is 1. The Labute approximate surface area is 172 Å². The Balaban J connectivity index is 1.31. The van der Waals surface area contributed by atoms with Crippen molar-refractivity contribution >= 4 is 22.8 Å². The van der Waals surface area contributed by atoms with Gasteiger partial charge in [0.1, 0.15) is 5.52 Å². The fraction of sp³-hybridized carbons (Fsp3) is 0.636. The number of nitrogens with one attached hydrogen (secondary N) is 1. The van der Waals surface area contributed by atoms with Crippen molar-refractivity contribution in [3.05, 3.63) is 24.7 Å². The summed E-state index contributed by atoms with van der Waals surface area (Å²) >= 11 is 0. The van der Waals surface area contributed by atoms with E-state index in [1.165, 1.54) is 32.2 Å². The molecule has 2 aromatic rings. The molecule has 7 nitrogen and oxygen atoms in total. The van der Waals surface area contributed by atoms with Crippen LogP contribution in [0.5, 0.6) is 0 Å². The van der Waals surface area contributed by atoms with Crippen molar-refractivity contribution in [3.8, 4) is 0 Å². The number of aromatic nitrogens is 3. The molecular formula is C22H32N6O. The van der Waals surface area contributed by atoms with Crippen LogP contribution in [-0.2, 0) is 4.79 Å². The van der Waals surface area contributed by atoms with Crippen molar-refractivity contribution in [3.63, 3.8) is 0 Å². The third-order valence-corrected chi connectivity index (χ3v) is 6.39. The fourth-order valence-electron chi connectivity index (χ4n) is 4.73. The van der Waals surface area contributed by atoms with E-state index in [1.807, 2.05) is 12.3 Å². The zero-order chi connectivity index (χ0) is 20.1. The van der Waals surface area contributed by atoms with Gasteiger partial charge in [-0.3, -0.25) is 14.7 Å². The van der Waals surface area contributed by atoms with Gasteiger partial charge in [0.15, 0.2) is 5.65 Å². The number of likely N-dealkylation sites (tertiary alicyclic amines) is 1. The van der Waals surface area contributed by atoms with Crippen LogP contribution in [0.25, 0.3) is 11.2 Å². The van der Waals surface area contributed by atoms with E-state index in [9.17, 15) is 4.79 Å². The molecule has 7 heteroatoms. The van der Waals surface area contributed by atoms with Gasteiger partial charge in [0.2, 0.25) is 5.91 Å². The highest BCUT2D eigenvalue weighted by Crippen LogP contribution is 2.24. The molecule has 2 aromatic heterocycles. The summed E-state index contributed by atoms with van der Waals surface area (Å²) < 4.78 is 0. The van der Waals surface area contributed by atoms with Crippen LogP contribution < -0.4 is 10.2 Å². The molecule has 2 saturated heterocycles. The highest BCUT2D eigenvalue weighted by Gasteiger charge is 2.27. The minimum absolute atomic E-state index is 0.0321. The van der Waals surface area contributed by atoms with Gasteiger partial charge in [-0.05, 0) is 44.7 Å². The summed E-state index contributed by atoms with van der Waals surface area (Å²) in [6.07, 6.45) is 12.3. The van der Waals surface area contributed by atoms with Crippen molar-refractivity contribution < 1.29 is 4.79 Å². The minimum atomic E-state index is 0.0321. The maximum atomic E-state index is 12.8. The van der Waals surface area contributed by atoms with E-state index >= 15 is 0 Å². The number of nitrogens with zero attached hydrogens (tertiary/aromatic N) is 5. The maximum Gasteiger partial charge on any atom is 0.224 e. The van der Waals surface area contributed by atoms with Gasteiger partial charge in [-0.1, -0.05) is 13.3 Å². The van der Waals surface area contributed by atoms with Gasteiger partial charge in [-0.25, -0.2) is 9.97 Å². The molecule has 0 radical (unpaired) electrons. The Morgan fingerprint density at radius 3 is 2.93 bits per heavy atom. The van der Waals surface area contributed by atoms with E-state index in [2.05, 4.69) is 37.0 Å². The lowest BCUT2D eigenvalue weighted by molar-refractivity contribution is -0.125. The monoisotopic (exact) mass is 396 g/mol. The molecule has 0 saturated carbocycles. The number of hydrogen-bond acceptors (Lipinski definition) is 6. The average molecular weight is 397 g/mol. The molecular weight excluding hydrogens is 364 g/mol. The normalized spacial score (nSPS) is 23.3. The summed E-state index contributed by atoms with van der Waals surface area (Å²) in [6, 6.07) is 2.71. The molecule has 0 spiro atoms. The van der Waals surface area contributed by atoms with Gasteiger partial charge >= 0.3 is 0 Å². The summed E-state index contributed by atoms with van der Waals surface area (Å²) in [5, 5.41) is 3.20. The van der Waals surface area contributed by atoms with E-state index in [0.29, 0.717) is 11.7 Å². The van der Waals surface area contributed by atoms with E-state index in [-0.39, 0.29) is 11.8 Å². The van der Waals surface area contributed by atoms with Crippen molar-refractivity contribution in [2.75, 3.05) is 37.6 Å². The predicted molar refractivity (Wildman–Crippen MR) is 115 cm³/mol. The van der Waals surface area contributed by atoms with Gasteiger partial charge in [0.05, 0.1) is 17.8 Å². The molecule has 4 heterocycles. The molecule has 29 heavy (non-hydrogen) atoms. The quantitative estimate of drug-likeness (QED) is 0.809. The topological polar surface area (TPSA) is 74.2 Å². The average Bonchev–Trinajstić information content (AvgIpc) is 2.79. The lowest BCUT2D eigenvalue weighted by Crippen LogP contribution is -2.47. The Hall–Kier alpha value is -2.28. The first-order valence-corrected chi connectivity index (χ1v) is 11.1. The summed E-state index contributed by atoms with van der Waals surface area (Å²) in [7, 11) is 0. The minimum Gasteiger partial charge on any atom is -0.369 e. The van der Waals surface area contributed by atoms with E-state index in [4.69, 9.17) is 0 Å². The highest BCUT2D eigenvalue weighted by molar-refractivity contribution is 5.80. The summed E-state index contributed by atoms with van der Waals surface area (Å²) in [5.41, 5.74) is 2.48. The lowest BCUT2D eigenvalue weighted by atomic mass is 9.96. The number of carbonyl (C=O) groups is 1. The van der Waals surface area contributed by atoms with Crippen LogP contribution in [0, 0.1) is 5.92 Å². The van der Waals surface area contributed by atoms with Crippen molar-refractivity contribution in [2.45, 2.75) is 51.5 Å². The molecule has 2 fully saturated rings. The van der Waals surface area contributed by atoms with Crippen molar-refractivity contribution in [2.24, 2.45) is 5.92 Å². The van der Waals surface area contributed by atoms with Crippen LogP contribution in [0.3, 0.4) is 0 Å². The largest absolute Gasteiger partial charge is 0.369 e. The summed E-state index contributed by atoms with van der Waals surface area (Å²) in [4.78, 5) is 30.6. The second-order valence-corrected chi connectivity index (χ2v) is 8.26. The molecule has 0 aliphatic carbocycles. The number of carbonyl (C=O) groups excluding carboxylic acids is 1. The van der Waals surface area contributed by atoms with Gasteiger partial charge in [-0.15, -0.1) is 0 Å². The molecule has 0 aromatic carbocycles. The molecule has 1 N–H and O–H groups in total. The Bertz CT molecular complexity index is 828. The first-order valence-electron chi connectivity index (χ1n) is 11.1. The number of rotatable bonds is 6. The molecule has 2 atom stereocenters. The van der Waals surface area contributed by atoms with E-state index in [1.54, 1.807) is 12.4 Å². The number of amides is 1.